The van der Waals surface area contributed by atoms with Crippen LogP contribution in [0.2, 0.25) is 0 Å². The first kappa shape index (κ1) is 17.9. The van der Waals surface area contributed by atoms with Crippen LogP contribution in [0.1, 0.15) is 5.56 Å². The van der Waals surface area contributed by atoms with Crippen molar-refractivity contribution in [3.05, 3.63) is 29.8 Å². The second kappa shape index (κ2) is 9.60. The Morgan fingerprint density at radius 3 is 2.50 bits per heavy atom. The fraction of sp³-hybridized carbons (Fsp3) is 0.400. The number of nitrogens with one attached hydrogen (secondary N) is 1. The summed E-state index contributed by atoms with van der Waals surface area (Å²) in [5.41, 5.74) is 16.3. The quantitative estimate of drug-likeness (QED) is 0.416. The second-order valence-corrected chi connectivity index (χ2v) is 4.90. The van der Waals surface area contributed by atoms with Crippen molar-refractivity contribution in [2.45, 2.75) is 6.61 Å². The molecule has 1 aliphatic rings. The van der Waals surface area contributed by atoms with Crippen molar-refractivity contribution < 1.29 is 14.2 Å². The predicted molar refractivity (Wildman–Crippen MR) is 93.1 cm³/mol. The molecule has 9 nitrogen and oxygen atoms in total. The summed E-state index contributed by atoms with van der Waals surface area (Å²) in [6, 6.07) is 7.66. The van der Waals surface area contributed by atoms with Gasteiger partial charge in [-0.1, -0.05) is 12.1 Å². The van der Waals surface area contributed by atoms with Gasteiger partial charge in [0.25, 0.3) is 0 Å². The average Bonchev–Trinajstić information content (AvgIpc) is 2.91. The molecule has 0 spiro atoms. The van der Waals surface area contributed by atoms with Gasteiger partial charge in [0.05, 0.1) is 38.7 Å². The van der Waals surface area contributed by atoms with Crippen LogP contribution in [0.15, 0.2) is 39.6 Å². The monoisotopic (exact) mass is 334 g/mol. The smallest absolute Gasteiger partial charge is 0.177 e. The fourth-order valence-electron chi connectivity index (χ4n) is 1.85. The Balaban J connectivity index is 1.76. The molecular weight excluding hydrogens is 312 g/mol. The standard InChI is InChI=1S/C15H22N6O3/c1-22-5-6-23-7-8-24-10-11-3-2-4-12(9-11)18-19-13-14(16)20-21-15(13)17/h2-4,9,18H,5-8,10H2,1H3,(H4,16,17,19,20,21). The summed E-state index contributed by atoms with van der Waals surface area (Å²) in [6.07, 6.45) is 0. The maximum absolute atomic E-state index is 5.63. The largest absolute Gasteiger partial charge is 0.382 e. The summed E-state index contributed by atoms with van der Waals surface area (Å²) >= 11 is 0. The molecule has 1 aliphatic heterocycles. The Kier molecular flexibility index (Phi) is 7.15. The van der Waals surface area contributed by atoms with Gasteiger partial charge in [0.2, 0.25) is 0 Å². The zero-order valence-corrected chi connectivity index (χ0v) is 13.6. The van der Waals surface area contributed by atoms with E-state index in [0.29, 0.717) is 38.7 Å². The Morgan fingerprint density at radius 2 is 1.75 bits per heavy atom. The molecule has 0 aromatic heterocycles. The lowest BCUT2D eigenvalue weighted by Crippen LogP contribution is -2.32. The number of methoxy groups -OCH3 is 1. The first-order valence-corrected chi connectivity index (χ1v) is 7.45. The van der Waals surface area contributed by atoms with Gasteiger partial charge in [-0.05, 0) is 17.7 Å². The predicted octanol–water partition coefficient (Wildman–Crippen LogP) is 0.277. The molecule has 24 heavy (non-hydrogen) atoms. The molecule has 5 N–H and O–H groups in total. The van der Waals surface area contributed by atoms with Gasteiger partial charge in [-0.3, -0.25) is 5.43 Å². The molecule has 0 unspecified atom stereocenters. The number of nitrogens with zero attached hydrogens (tertiary/aromatic N) is 3. The number of hydrogen-bond donors (Lipinski definition) is 3. The molecule has 0 saturated carbocycles. The molecule has 1 aromatic carbocycles. The summed E-state index contributed by atoms with van der Waals surface area (Å²) in [7, 11) is 1.64. The second-order valence-electron chi connectivity index (χ2n) is 4.90. The van der Waals surface area contributed by atoms with Crippen LogP contribution in [0.4, 0.5) is 5.69 Å². The van der Waals surface area contributed by atoms with Gasteiger partial charge in [0.15, 0.2) is 17.4 Å². The van der Waals surface area contributed by atoms with Gasteiger partial charge >= 0.3 is 0 Å². The number of rotatable bonds is 10. The van der Waals surface area contributed by atoms with Gasteiger partial charge in [-0.2, -0.15) is 5.10 Å². The maximum atomic E-state index is 5.63. The minimum absolute atomic E-state index is 0.188. The van der Waals surface area contributed by atoms with Crippen LogP contribution in [0.25, 0.3) is 0 Å². The lowest BCUT2D eigenvalue weighted by molar-refractivity contribution is 0.0200. The number of nitrogens with two attached hydrogens (primary N) is 2. The van der Waals surface area contributed by atoms with E-state index in [9.17, 15) is 0 Å². The van der Waals surface area contributed by atoms with E-state index < -0.39 is 0 Å². The van der Waals surface area contributed by atoms with Crippen molar-refractivity contribution in [3.63, 3.8) is 0 Å². The highest BCUT2D eigenvalue weighted by Gasteiger charge is 2.16. The molecule has 0 aliphatic carbocycles. The third-order valence-corrected chi connectivity index (χ3v) is 3.05. The van der Waals surface area contributed by atoms with Crippen LogP contribution in [0.3, 0.4) is 0 Å². The third kappa shape index (κ3) is 5.61. The van der Waals surface area contributed by atoms with E-state index in [1.807, 2.05) is 24.3 Å². The van der Waals surface area contributed by atoms with Gasteiger partial charge in [-0.15, -0.1) is 10.2 Å². The van der Waals surface area contributed by atoms with Crippen LogP contribution in [0.5, 0.6) is 0 Å². The Morgan fingerprint density at radius 1 is 1.04 bits per heavy atom. The number of anilines is 1. The van der Waals surface area contributed by atoms with E-state index in [2.05, 4.69) is 20.7 Å². The highest BCUT2D eigenvalue weighted by atomic mass is 16.5. The first-order valence-electron chi connectivity index (χ1n) is 7.45. The SMILES string of the molecule is COCCOCCOCc1cccc(NN=C2C(N)=NN=C2N)c1. The Labute approximate surface area is 140 Å². The molecule has 0 saturated heterocycles. The highest BCUT2D eigenvalue weighted by molar-refractivity contribution is 6.68. The molecule has 0 atom stereocenters. The van der Waals surface area contributed by atoms with E-state index in [1.54, 1.807) is 7.11 Å². The normalized spacial score (nSPS) is 13.6. The van der Waals surface area contributed by atoms with Crippen molar-refractivity contribution >= 4 is 23.1 Å². The molecule has 0 fully saturated rings. The minimum Gasteiger partial charge on any atom is -0.382 e. The maximum Gasteiger partial charge on any atom is 0.177 e. The molecule has 9 heteroatoms. The summed E-state index contributed by atoms with van der Waals surface area (Å²) in [6.45, 7) is 2.68. The lowest BCUT2D eigenvalue weighted by Gasteiger charge is -2.07. The third-order valence-electron chi connectivity index (χ3n) is 3.05. The average molecular weight is 334 g/mol. The van der Waals surface area contributed by atoms with Crippen molar-refractivity contribution in [2.75, 3.05) is 39.0 Å². The molecule has 2 rings (SSSR count). The summed E-state index contributed by atoms with van der Waals surface area (Å²) in [5, 5.41) is 11.4. The molecule has 0 bridgehead atoms. The Bertz CT molecular complexity index is 609. The van der Waals surface area contributed by atoms with Gasteiger partial charge in [-0.25, -0.2) is 0 Å². The topological polar surface area (TPSA) is 129 Å². The van der Waals surface area contributed by atoms with Crippen molar-refractivity contribution in [1.29, 1.82) is 0 Å². The van der Waals surface area contributed by atoms with E-state index in [-0.39, 0.29) is 11.7 Å². The molecule has 1 aromatic rings. The number of ether oxygens (including phenoxy) is 3. The van der Waals surface area contributed by atoms with Crippen molar-refractivity contribution in [2.24, 2.45) is 26.8 Å². The van der Waals surface area contributed by atoms with Crippen LogP contribution in [-0.4, -0.2) is 50.9 Å². The fourth-order valence-corrected chi connectivity index (χ4v) is 1.85. The van der Waals surface area contributed by atoms with E-state index in [1.165, 1.54) is 0 Å². The summed E-state index contributed by atoms with van der Waals surface area (Å²) in [5.74, 6) is 0.376. The Hall–Kier alpha value is -2.49. The number of hydrogen-bond acceptors (Lipinski definition) is 9. The van der Waals surface area contributed by atoms with Gasteiger partial charge in [0.1, 0.15) is 0 Å². The number of hydrazone groups is 1. The molecule has 130 valence electrons. The zero-order valence-electron chi connectivity index (χ0n) is 13.6. The van der Waals surface area contributed by atoms with Crippen LogP contribution >= 0.6 is 0 Å². The highest BCUT2D eigenvalue weighted by Crippen LogP contribution is 2.12. The lowest BCUT2D eigenvalue weighted by atomic mass is 10.2. The van der Waals surface area contributed by atoms with Crippen LogP contribution in [-0.2, 0) is 20.8 Å². The summed E-state index contributed by atoms with van der Waals surface area (Å²) < 4.78 is 15.8. The van der Waals surface area contributed by atoms with Gasteiger partial charge < -0.3 is 25.7 Å². The zero-order chi connectivity index (χ0) is 17.2. The number of benzene rings is 1. The first-order chi connectivity index (χ1) is 11.7. The van der Waals surface area contributed by atoms with Gasteiger partial charge in [0, 0.05) is 7.11 Å². The van der Waals surface area contributed by atoms with Crippen LogP contribution < -0.4 is 16.9 Å². The van der Waals surface area contributed by atoms with Crippen molar-refractivity contribution in [1.82, 2.24) is 0 Å². The van der Waals surface area contributed by atoms with E-state index >= 15 is 0 Å². The molecular formula is C15H22N6O3. The minimum atomic E-state index is 0.188. The van der Waals surface area contributed by atoms with E-state index in [0.717, 1.165) is 11.3 Å². The van der Waals surface area contributed by atoms with Crippen molar-refractivity contribution in [3.8, 4) is 0 Å². The summed E-state index contributed by atoms with van der Waals surface area (Å²) in [4.78, 5) is 0. The molecule has 0 amide bonds. The molecule has 1 heterocycles. The number of amidine groups is 2. The molecule has 0 radical (unpaired) electrons. The van der Waals surface area contributed by atoms with E-state index in [4.69, 9.17) is 25.7 Å². The van der Waals surface area contributed by atoms with Crippen LogP contribution in [0, 0.1) is 0 Å².